The van der Waals surface area contributed by atoms with E-state index in [2.05, 4.69) is 44.1 Å². The van der Waals surface area contributed by atoms with Gasteiger partial charge in [-0.3, -0.25) is 0 Å². The van der Waals surface area contributed by atoms with E-state index >= 15 is 0 Å². The van der Waals surface area contributed by atoms with Crippen LogP contribution in [0.15, 0.2) is 36.7 Å². The number of esters is 1. The third-order valence-electron chi connectivity index (χ3n) is 4.46. The molecule has 7 nitrogen and oxygen atoms in total. The predicted octanol–water partition coefficient (Wildman–Crippen LogP) is 2.54. The first kappa shape index (κ1) is 18.1. The molecule has 1 aliphatic rings. The average molecular weight is 355 g/mol. The van der Waals surface area contributed by atoms with Crippen molar-refractivity contribution in [2.45, 2.75) is 13.8 Å². The lowest BCUT2D eigenvalue weighted by atomic mass is 10.2. The number of rotatable bonds is 6. The van der Waals surface area contributed by atoms with Crippen LogP contribution in [0.25, 0.3) is 0 Å². The number of carbonyl (C=O) groups excluding carboxylic acids is 1. The molecule has 1 fully saturated rings. The van der Waals surface area contributed by atoms with E-state index in [-0.39, 0.29) is 5.69 Å². The highest BCUT2D eigenvalue weighted by Crippen LogP contribution is 2.21. The fourth-order valence-corrected chi connectivity index (χ4v) is 2.93. The molecule has 138 valence electrons. The van der Waals surface area contributed by atoms with Crippen molar-refractivity contribution >= 4 is 23.2 Å². The number of likely N-dealkylation sites (N-methyl/N-ethyl adjacent to an activating group) is 1. The van der Waals surface area contributed by atoms with E-state index in [0.29, 0.717) is 12.4 Å². The lowest BCUT2D eigenvalue weighted by Gasteiger charge is -2.35. The second-order valence-electron chi connectivity index (χ2n) is 6.10. The highest BCUT2D eigenvalue weighted by molar-refractivity contribution is 5.86. The molecule has 1 saturated heterocycles. The number of benzene rings is 1. The van der Waals surface area contributed by atoms with Crippen LogP contribution in [-0.4, -0.2) is 60.2 Å². The minimum Gasteiger partial charge on any atom is -0.461 e. The zero-order valence-electron chi connectivity index (χ0n) is 15.3. The van der Waals surface area contributed by atoms with Gasteiger partial charge < -0.3 is 19.9 Å². The maximum Gasteiger partial charge on any atom is 0.358 e. The number of hydrogen-bond donors (Lipinski definition) is 1. The van der Waals surface area contributed by atoms with Crippen molar-refractivity contribution in [1.29, 1.82) is 0 Å². The van der Waals surface area contributed by atoms with E-state index in [0.717, 1.165) is 38.4 Å². The van der Waals surface area contributed by atoms with Gasteiger partial charge in [-0.15, -0.1) is 0 Å². The summed E-state index contributed by atoms with van der Waals surface area (Å²) in [5.41, 5.74) is 2.37. The Morgan fingerprint density at radius 1 is 1.08 bits per heavy atom. The third kappa shape index (κ3) is 4.49. The van der Waals surface area contributed by atoms with E-state index in [1.165, 1.54) is 18.1 Å². The molecule has 3 rings (SSSR count). The Hall–Kier alpha value is -2.67. The van der Waals surface area contributed by atoms with Crippen molar-refractivity contribution in [3.05, 3.63) is 42.4 Å². The number of nitrogens with zero attached hydrogens (tertiary/aromatic N) is 4. The lowest BCUT2D eigenvalue weighted by Crippen LogP contribution is -2.46. The van der Waals surface area contributed by atoms with Crippen LogP contribution in [0.4, 0.5) is 17.2 Å². The molecular weight excluding hydrogens is 330 g/mol. The van der Waals surface area contributed by atoms with E-state index in [1.807, 2.05) is 12.1 Å². The fourth-order valence-electron chi connectivity index (χ4n) is 2.93. The first-order chi connectivity index (χ1) is 12.7. The van der Waals surface area contributed by atoms with Gasteiger partial charge >= 0.3 is 5.97 Å². The van der Waals surface area contributed by atoms with Crippen molar-refractivity contribution in [2.24, 2.45) is 0 Å². The van der Waals surface area contributed by atoms with Crippen LogP contribution < -0.4 is 10.2 Å². The zero-order valence-corrected chi connectivity index (χ0v) is 15.3. The van der Waals surface area contributed by atoms with E-state index in [4.69, 9.17) is 4.74 Å². The molecular formula is C19H25N5O2. The van der Waals surface area contributed by atoms with Gasteiger partial charge in [0.25, 0.3) is 0 Å². The summed E-state index contributed by atoms with van der Waals surface area (Å²) < 4.78 is 4.90. The number of aromatic nitrogens is 2. The molecule has 7 heteroatoms. The lowest BCUT2D eigenvalue weighted by molar-refractivity contribution is 0.0519. The highest BCUT2D eigenvalue weighted by Gasteiger charge is 2.15. The van der Waals surface area contributed by atoms with Crippen LogP contribution in [0.3, 0.4) is 0 Å². The maximum absolute atomic E-state index is 11.6. The molecule has 1 aromatic carbocycles. The van der Waals surface area contributed by atoms with Gasteiger partial charge in [0, 0.05) is 37.6 Å². The second kappa shape index (κ2) is 8.62. The minimum absolute atomic E-state index is 0.207. The third-order valence-corrected chi connectivity index (χ3v) is 4.46. The van der Waals surface area contributed by atoms with Crippen molar-refractivity contribution in [3.8, 4) is 0 Å². The second-order valence-corrected chi connectivity index (χ2v) is 6.10. The molecule has 0 aliphatic carbocycles. The Morgan fingerprint density at radius 2 is 1.81 bits per heavy atom. The molecule has 0 amide bonds. The summed E-state index contributed by atoms with van der Waals surface area (Å²) >= 11 is 0. The Morgan fingerprint density at radius 3 is 2.38 bits per heavy atom. The van der Waals surface area contributed by atoms with E-state index < -0.39 is 5.97 Å². The largest absolute Gasteiger partial charge is 0.461 e. The molecule has 2 aromatic rings. The SMILES string of the molecule is CCOC(=O)c1cnc(Nc2ccc(N3CCN(CC)CC3)cc2)cn1. The van der Waals surface area contributed by atoms with Crippen molar-refractivity contribution in [1.82, 2.24) is 14.9 Å². The Balaban J connectivity index is 1.58. The Bertz CT molecular complexity index is 710. The highest BCUT2D eigenvalue weighted by atomic mass is 16.5. The van der Waals surface area contributed by atoms with Gasteiger partial charge in [0.05, 0.1) is 19.0 Å². The molecule has 2 heterocycles. The molecule has 0 saturated carbocycles. The van der Waals surface area contributed by atoms with Crippen LogP contribution in [0.1, 0.15) is 24.3 Å². The Labute approximate surface area is 154 Å². The van der Waals surface area contributed by atoms with Gasteiger partial charge in [0.15, 0.2) is 5.69 Å². The molecule has 0 spiro atoms. The minimum atomic E-state index is -0.459. The molecule has 0 unspecified atom stereocenters. The van der Waals surface area contributed by atoms with Gasteiger partial charge in [-0.25, -0.2) is 14.8 Å². The molecule has 1 N–H and O–H groups in total. The van der Waals surface area contributed by atoms with Crippen molar-refractivity contribution < 1.29 is 9.53 Å². The Kier molecular flexibility index (Phi) is 6.01. The first-order valence-electron chi connectivity index (χ1n) is 9.03. The number of ether oxygens (including phenoxy) is 1. The number of hydrogen-bond acceptors (Lipinski definition) is 7. The molecule has 1 aromatic heterocycles. The number of carbonyl (C=O) groups is 1. The van der Waals surface area contributed by atoms with Crippen LogP contribution in [0, 0.1) is 0 Å². The van der Waals surface area contributed by atoms with Gasteiger partial charge in [0.2, 0.25) is 0 Å². The summed E-state index contributed by atoms with van der Waals surface area (Å²) in [7, 11) is 0. The van der Waals surface area contributed by atoms with Crippen LogP contribution in [0.2, 0.25) is 0 Å². The summed E-state index contributed by atoms with van der Waals surface area (Å²) in [6.07, 6.45) is 2.95. The van der Waals surface area contributed by atoms with Crippen LogP contribution in [-0.2, 0) is 4.74 Å². The predicted molar refractivity (Wildman–Crippen MR) is 102 cm³/mol. The van der Waals surface area contributed by atoms with Crippen molar-refractivity contribution in [3.63, 3.8) is 0 Å². The molecule has 0 radical (unpaired) electrons. The molecule has 26 heavy (non-hydrogen) atoms. The zero-order chi connectivity index (χ0) is 18.4. The summed E-state index contributed by atoms with van der Waals surface area (Å²) in [5.74, 6) is 0.126. The van der Waals surface area contributed by atoms with Crippen LogP contribution >= 0.6 is 0 Å². The summed E-state index contributed by atoms with van der Waals surface area (Å²) in [6, 6.07) is 8.29. The summed E-state index contributed by atoms with van der Waals surface area (Å²) in [6.45, 7) is 9.74. The van der Waals surface area contributed by atoms with E-state index in [1.54, 1.807) is 6.92 Å². The normalized spacial score (nSPS) is 14.9. The number of anilines is 3. The monoisotopic (exact) mass is 355 g/mol. The molecule has 1 aliphatic heterocycles. The van der Waals surface area contributed by atoms with Gasteiger partial charge in [-0.1, -0.05) is 6.92 Å². The van der Waals surface area contributed by atoms with Crippen molar-refractivity contribution in [2.75, 3.05) is 49.5 Å². The van der Waals surface area contributed by atoms with Crippen LogP contribution in [0.5, 0.6) is 0 Å². The molecule has 0 bridgehead atoms. The maximum atomic E-state index is 11.6. The van der Waals surface area contributed by atoms with Gasteiger partial charge in [-0.05, 0) is 37.7 Å². The molecule has 0 atom stereocenters. The number of piperazine rings is 1. The average Bonchev–Trinajstić information content (AvgIpc) is 2.69. The summed E-state index contributed by atoms with van der Waals surface area (Å²) in [5, 5.41) is 3.20. The number of nitrogens with one attached hydrogen (secondary N) is 1. The quantitative estimate of drug-likeness (QED) is 0.799. The first-order valence-corrected chi connectivity index (χ1v) is 9.03. The topological polar surface area (TPSA) is 70.6 Å². The van der Waals surface area contributed by atoms with E-state index in [9.17, 15) is 4.79 Å². The van der Waals surface area contributed by atoms with Gasteiger partial charge in [0.1, 0.15) is 5.82 Å². The van der Waals surface area contributed by atoms with Gasteiger partial charge in [-0.2, -0.15) is 0 Å². The standard InChI is InChI=1S/C19H25N5O2/c1-3-23-9-11-24(12-10-23)16-7-5-15(6-8-16)22-18-14-20-17(13-21-18)19(25)26-4-2/h5-8,13-14H,3-4,9-12H2,1-2H3,(H,21,22). The smallest absolute Gasteiger partial charge is 0.358 e. The fraction of sp³-hybridized carbons (Fsp3) is 0.421. The summed E-state index contributed by atoms with van der Waals surface area (Å²) in [4.78, 5) is 24.8.